The molecule has 1 aromatic heterocycles. The Morgan fingerprint density at radius 3 is 2.57 bits per heavy atom. The highest BCUT2D eigenvalue weighted by Gasteiger charge is 2.17. The lowest BCUT2D eigenvalue weighted by Crippen LogP contribution is -2.15. The van der Waals surface area contributed by atoms with Gasteiger partial charge in [0.25, 0.3) is 5.91 Å². The van der Waals surface area contributed by atoms with E-state index >= 15 is 0 Å². The van der Waals surface area contributed by atoms with Crippen LogP contribution in [-0.2, 0) is 5.41 Å². The minimum absolute atomic E-state index is 0.0000511. The number of carbonyl (C=O) groups is 1. The van der Waals surface area contributed by atoms with E-state index in [1.807, 2.05) is 18.2 Å². The van der Waals surface area contributed by atoms with Crippen LogP contribution in [0.1, 0.15) is 36.7 Å². The van der Waals surface area contributed by atoms with Crippen LogP contribution in [0.3, 0.4) is 0 Å². The van der Waals surface area contributed by atoms with Gasteiger partial charge >= 0.3 is 0 Å². The Morgan fingerprint density at radius 2 is 2.00 bits per heavy atom. The van der Waals surface area contributed by atoms with Crippen molar-refractivity contribution in [3.63, 3.8) is 0 Å². The van der Waals surface area contributed by atoms with E-state index in [-0.39, 0.29) is 11.3 Å². The fraction of sp³-hybridized carbons (Fsp3) is 0.294. The van der Waals surface area contributed by atoms with Crippen molar-refractivity contribution < 1.29 is 9.53 Å². The van der Waals surface area contributed by atoms with Gasteiger partial charge in [0.1, 0.15) is 5.75 Å². The summed E-state index contributed by atoms with van der Waals surface area (Å²) >= 11 is 0. The van der Waals surface area contributed by atoms with Crippen molar-refractivity contribution >= 4 is 11.6 Å². The normalized spacial score (nSPS) is 11.0. The third kappa shape index (κ3) is 3.60. The van der Waals surface area contributed by atoms with Crippen LogP contribution in [0.25, 0.3) is 0 Å². The monoisotopic (exact) mass is 284 g/mol. The molecule has 0 saturated heterocycles. The average Bonchev–Trinajstić information content (AvgIpc) is 2.47. The summed E-state index contributed by atoms with van der Waals surface area (Å²) in [6, 6.07) is 9.30. The molecule has 2 rings (SSSR count). The molecule has 2 aromatic rings. The summed E-state index contributed by atoms with van der Waals surface area (Å²) in [6.07, 6.45) is 3.17. The van der Waals surface area contributed by atoms with E-state index in [4.69, 9.17) is 4.74 Å². The van der Waals surface area contributed by atoms with E-state index in [0.29, 0.717) is 17.0 Å². The van der Waals surface area contributed by atoms with Crippen LogP contribution in [0, 0.1) is 0 Å². The maximum absolute atomic E-state index is 12.2. The number of aromatic nitrogens is 1. The standard InChI is InChI=1S/C17H20N2O2/c1-17(2,3)13-7-8-15(21-4)14(10-13)19-16(20)12-6-5-9-18-11-12/h5-11H,1-4H3,(H,19,20). The molecular weight excluding hydrogens is 264 g/mol. The molecule has 0 aliphatic rings. The van der Waals surface area contributed by atoms with Gasteiger partial charge in [0.15, 0.2) is 0 Å². The summed E-state index contributed by atoms with van der Waals surface area (Å²) in [4.78, 5) is 16.2. The zero-order valence-electron chi connectivity index (χ0n) is 12.8. The number of amides is 1. The molecular formula is C17H20N2O2. The van der Waals surface area contributed by atoms with Crippen molar-refractivity contribution in [3.05, 3.63) is 53.9 Å². The summed E-state index contributed by atoms with van der Waals surface area (Å²) < 4.78 is 5.32. The number of nitrogens with zero attached hydrogens (tertiary/aromatic N) is 1. The minimum atomic E-state index is -0.201. The maximum Gasteiger partial charge on any atom is 0.257 e. The summed E-state index contributed by atoms with van der Waals surface area (Å²) in [6.45, 7) is 6.38. The summed E-state index contributed by atoms with van der Waals surface area (Å²) in [5.41, 5.74) is 2.31. The number of carbonyl (C=O) groups excluding carboxylic acids is 1. The van der Waals surface area contributed by atoms with Gasteiger partial charge in [0, 0.05) is 12.4 Å². The van der Waals surface area contributed by atoms with E-state index in [1.165, 1.54) is 6.20 Å². The van der Waals surface area contributed by atoms with Crippen molar-refractivity contribution in [1.29, 1.82) is 0 Å². The molecule has 1 aromatic carbocycles. The third-order valence-corrected chi connectivity index (χ3v) is 3.24. The van der Waals surface area contributed by atoms with Gasteiger partial charge in [0.2, 0.25) is 0 Å². The molecule has 0 unspecified atom stereocenters. The van der Waals surface area contributed by atoms with Crippen molar-refractivity contribution in [2.24, 2.45) is 0 Å². The van der Waals surface area contributed by atoms with Crippen LogP contribution in [0.4, 0.5) is 5.69 Å². The SMILES string of the molecule is COc1ccc(C(C)(C)C)cc1NC(=O)c1cccnc1. The minimum Gasteiger partial charge on any atom is -0.495 e. The Morgan fingerprint density at radius 1 is 1.24 bits per heavy atom. The lowest BCUT2D eigenvalue weighted by Gasteiger charge is -2.21. The Bertz CT molecular complexity index is 631. The number of anilines is 1. The second-order valence-corrected chi connectivity index (χ2v) is 5.86. The van der Waals surface area contributed by atoms with Gasteiger partial charge in [-0.25, -0.2) is 0 Å². The van der Waals surface area contributed by atoms with Crippen LogP contribution in [0.5, 0.6) is 5.75 Å². The lowest BCUT2D eigenvalue weighted by molar-refractivity contribution is 0.102. The fourth-order valence-corrected chi connectivity index (χ4v) is 1.96. The van der Waals surface area contributed by atoms with Crippen molar-refractivity contribution in [2.45, 2.75) is 26.2 Å². The van der Waals surface area contributed by atoms with Crippen LogP contribution < -0.4 is 10.1 Å². The molecule has 1 heterocycles. The Labute approximate surface area is 125 Å². The van der Waals surface area contributed by atoms with Crippen molar-refractivity contribution in [3.8, 4) is 5.75 Å². The van der Waals surface area contributed by atoms with Crippen LogP contribution >= 0.6 is 0 Å². The number of rotatable bonds is 3. The van der Waals surface area contributed by atoms with Crippen LogP contribution in [0.2, 0.25) is 0 Å². The molecule has 4 nitrogen and oxygen atoms in total. The summed E-state index contributed by atoms with van der Waals surface area (Å²) in [5, 5.41) is 2.89. The van der Waals surface area contributed by atoms with E-state index < -0.39 is 0 Å². The van der Waals surface area contributed by atoms with E-state index in [2.05, 4.69) is 31.1 Å². The van der Waals surface area contributed by atoms with Gasteiger partial charge in [-0.2, -0.15) is 0 Å². The summed E-state index contributed by atoms with van der Waals surface area (Å²) in [7, 11) is 1.59. The topological polar surface area (TPSA) is 51.2 Å². The first-order valence-corrected chi connectivity index (χ1v) is 6.81. The fourth-order valence-electron chi connectivity index (χ4n) is 1.96. The number of pyridine rings is 1. The van der Waals surface area contributed by atoms with E-state index in [1.54, 1.807) is 25.4 Å². The molecule has 0 aliphatic heterocycles. The Balaban J connectivity index is 2.32. The van der Waals surface area contributed by atoms with Crippen molar-refractivity contribution in [1.82, 2.24) is 4.98 Å². The maximum atomic E-state index is 12.2. The van der Waals surface area contributed by atoms with Gasteiger partial charge in [-0.1, -0.05) is 26.8 Å². The van der Waals surface area contributed by atoms with Gasteiger partial charge in [-0.05, 0) is 35.2 Å². The molecule has 0 fully saturated rings. The number of hydrogen-bond donors (Lipinski definition) is 1. The highest BCUT2D eigenvalue weighted by Crippen LogP contribution is 2.31. The Kier molecular flexibility index (Phi) is 4.26. The van der Waals surface area contributed by atoms with E-state index in [9.17, 15) is 4.79 Å². The number of ether oxygens (including phenoxy) is 1. The van der Waals surface area contributed by atoms with Gasteiger partial charge in [-0.15, -0.1) is 0 Å². The molecule has 0 atom stereocenters. The molecule has 4 heteroatoms. The van der Waals surface area contributed by atoms with Crippen molar-refractivity contribution in [2.75, 3.05) is 12.4 Å². The number of benzene rings is 1. The first kappa shape index (κ1) is 15.0. The quantitative estimate of drug-likeness (QED) is 0.936. The molecule has 1 amide bonds. The first-order valence-electron chi connectivity index (χ1n) is 6.81. The molecule has 0 saturated carbocycles. The largest absolute Gasteiger partial charge is 0.495 e. The Hall–Kier alpha value is -2.36. The predicted octanol–water partition coefficient (Wildman–Crippen LogP) is 3.64. The van der Waals surface area contributed by atoms with Crippen LogP contribution in [0.15, 0.2) is 42.7 Å². The molecule has 0 bridgehead atoms. The lowest BCUT2D eigenvalue weighted by atomic mass is 9.87. The number of nitrogens with one attached hydrogen (secondary N) is 1. The first-order chi connectivity index (χ1) is 9.91. The number of methoxy groups -OCH3 is 1. The van der Waals surface area contributed by atoms with Gasteiger partial charge in [-0.3, -0.25) is 9.78 Å². The highest BCUT2D eigenvalue weighted by molar-refractivity contribution is 6.04. The van der Waals surface area contributed by atoms with Gasteiger partial charge in [0.05, 0.1) is 18.4 Å². The number of hydrogen-bond acceptors (Lipinski definition) is 3. The zero-order valence-corrected chi connectivity index (χ0v) is 12.8. The molecule has 0 spiro atoms. The van der Waals surface area contributed by atoms with E-state index in [0.717, 1.165) is 5.56 Å². The third-order valence-electron chi connectivity index (χ3n) is 3.24. The smallest absolute Gasteiger partial charge is 0.257 e. The molecule has 21 heavy (non-hydrogen) atoms. The highest BCUT2D eigenvalue weighted by atomic mass is 16.5. The zero-order chi connectivity index (χ0) is 15.5. The van der Waals surface area contributed by atoms with Gasteiger partial charge < -0.3 is 10.1 Å². The molecule has 0 radical (unpaired) electrons. The van der Waals surface area contributed by atoms with Crippen LogP contribution in [-0.4, -0.2) is 18.0 Å². The summed E-state index contributed by atoms with van der Waals surface area (Å²) in [5.74, 6) is 0.438. The predicted molar refractivity (Wildman–Crippen MR) is 83.9 cm³/mol. The second kappa shape index (κ2) is 5.95. The average molecular weight is 284 g/mol. The molecule has 1 N–H and O–H groups in total. The molecule has 110 valence electrons. The molecule has 0 aliphatic carbocycles. The second-order valence-electron chi connectivity index (χ2n) is 5.86.